The summed E-state index contributed by atoms with van der Waals surface area (Å²) in [4.78, 5) is 25.9. The molecule has 0 radical (unpaired) electrons. The number of rotatable bonds is 3. The first-order valence-electron chi connectivity index (χ1n) is 9.89. The molecule has 3 aromatic carbocycles. The van der Waals surface area contributed by atoms with Crippen molar-refractivity contribution in [2.75, 3.05) is 11.1 Å². The number of nitrogen functional groups attached to an aromatic ring is 1. The van der Waals surface area contributed by atoms with E-state index < -0.39 is 32.3 Å². The number of fused-ring (bicyclic) bond motifs is 2. The fourth-order valence-corrected chi connectivity index (χ4v) is 4.47. The van der Waals surface area contributed by atoms with Crippen LogP contribution in [0.5, 0.6) is 0 Å². The Morgan fingerprint density at radius 3 is 2.03 bits per heavy atom. The second-order valence-corrected chi connectivity index (χ2v) is 10.1. The minimum Gasteiger partial charge on any atom is -0.397 e. The molecule has 4 rings (SSSR count). The van der Waals surface area contributed by atoms with E-state index >= 15 is 0 Å². The molecule has 0 aromatic heterocycles. The lowest BCUT2D eigenvalue weighted by atomic mass is 9.82. The van der Waals surface area contributed by atoms with E-state index in [4.69, 9.17) is 5.73 Å². The zero-order valence-electron chi connectivity index (χ0n) is 17.8. The van der Waals surface area contributed by atoms with Gasteiger partial charge in [0.15, 0.2) is 11.6 Å². The van der Waals surface area contributed by atoms with Crippen LogP contribution in [0.15, 0.2) is 59.5 Å². The van der Waals surface area contributed by atoms with Crippen LogP contribution in [0.25, 0.3) is 0 Å². The second kappa shape index (κ2) is 7.29. The van der Waals surface area contributed by atoms with Crippen molar-refractivity contribution in [3.8, 4) is 0 Å². The fraction of sp³-hybridized carbons (Fsp3) is 0.167. The summed E-state index contributed by atoms with van der Waals surface area (Å²) in [7, 11) is -4.76. The monoisotopic (exact) mass is 450 g/mol. The summed E-state index contributed by atoms with van der Waals surface area (Å²) in [5.74, 6) is -1.04. The first-order valence-corrected chi connectivity index (χ1v) is 11.3. The topological polar surface area (TPSA) is 127 Å². The maximum atomic E-state index is 13.3. The van der Waals surface area contributed by atoms with Gasteiger partial charge in [0.2, 0.25) is 0 Å². The van der Waals surface area contributed by atoms with Gasteiger partial charge in [-0.3, -0.25) is 14.1 Å². The number of ketones is 2. The highest BCUT2D eigenvalue weighted by atomic mass is 32.2. The molecule has 7 nitrogen and oxygen atoms in total. The normalized spacial score (nSPS) is 13.5. The van der Waals surface area contributed by atoms with E-state index in [1.54, 1.807) is 18.2 Å². The summed E-state index contributed by atoms with van der Waals surface area (Å²) in [6, 6.07) is 14.8. The number of hydrogen-bond acceptors (Lipinski definition) is 6. The van der Waals surface area contributed by atoms with Crippen molar-refractivity contribution in [2.45, 2.75) is 31.1 Å². The third-order valence-corrected chi connectivity index (χ3v) is 6.38. The molecular weight excluding hydrogens is 428 g/mol. The lowest BCUT2D eigenvalue weighted by molar-refractivity contribution is 0.0980. The van der Waals surface area contributed by atoms with Gasteiger partial charge in [0.05, 0.1) is 22.5 Å². The van der Waals surface area contributed by atoms with Crippen LogP contribution in [0.4, 0.5) is 17.1 Å². The summed E-state index contributed by atoms with van der Waals surface area (Å²) >= 11 is 0. The van der Waals surface area contributed by atoms with Gasteiger partial charge in [-0.2, -0.15) is 8.42 Å². The Morgan fingerprint density at radius 1 is 0.875 bits per heavy atom. The summed E-state index contributed by atoms with van der Waals surface area (Å²) in [6.45, 7) is 6.15. The molecule has 0 saturated carbocycles. The molecule has 164 valence electrons. The molecule has 0 heterocycles. The number of carbonyl (C=O) groups excluding carboxylic acids is 2. The van der Waals surface area contributed by atoms with E-state index in [0.29, 0.717) is 5.69 Å². The minimum atomic E-state index is -4.76. The van der Waals surface area contributed by atoms with Crippen molar-refractivity contribution in [2.24, 2.45) is 0 Å². The van der Waals surface area contributed by atoms with Crippen LogP contribution in [0.3, 0.4) is 0 Å². The smallest absolute Gasteiger partial charge is 0.296 e. The van der Waals surface area contributed by atoms with Crippen molar-refractivity contribution in [3.05, 3.63) is 82.4 Å². The molecule has 32 heavy (non-hydrogen) atoms. The van der Waals surface area contributed by atoms with Crippen LogP contribution in [0, 0.1) is 0 Å². The number of hydrogen-bond donors (Lipinski definition) is 3. The summed E-state index contributed by atoms with van der Waals surface area (Å²) < 4.78 is 33.8. The van der Waals surface area contributed by atoms with Crippen molar-refractivity contribution in [3.63, 3.8) is 0 Å². The minimum absolute atomic E-state index is 0.0280. The fourth-order valence-electron chi connectivity index (χ4n) is 3.82. The van der Waals surface area contributed by atoms with Crippen LogP contribution in [0.2, 0.25) is 0 Å². The zero-order chi connectivity index (χ0) is 23.4. The molecule has 0 amide bonds. The second-order valence-electron chi connectivity index (χ2n) is 8.72. The largest absolute Gasteiger partial charge is 0.397 e. The van der Waals surface area contributed by atoms with E-state index in [0.717, 1.165) is 11.6 Å². The van der Waals surface area contributed by atoms with E-state index in [1.165, 1.54) is 12.1 Å². The lowest BCUT2D eigenvalue weighted by Gasteiger charge is -2.24. The third kappa shape index (κ3) is 3.57. The summed E-state index contributed by atoms with van der Waals surface area (Å²) in [5, 5.41) is 3.06. The van der Waals surface area contributed by atoms with Crippen molar-refractivity contribution in [1.29, 1.82) is 0 Å². The average Bonchev–Trinajstić information content (AvgIpc) is 2.71. The molecule has 3 aromatic rings. The average molecular weight is 451 g/mol. The van der Waals surface area contributed by atoms with E-state index in [1.807, 2.05) is 39.0 Å². The highest BCUT2D eigenvalue weighted by Crippen LogP contribution is 2.40. The van der Waals surface area contributed by atoms with Gasteiger partial charge in [-0.05, 0) is 29.2 Å². The molecule has 4 N–H and O–H groups in total. The Hall–Kier alpha value is -3.49. The number of carbonyl (C=O) groups is 2. The Morgan fingerprint density at radius 2 is 1.47 bits per heavy atom. The van der Waals surface area contributed by atoms with Gasteiger partial charge in [-0.15, -0.1) is 0 Å². The maximum absolute atomic E-state index is 13.3. The maximum Gasteiger partial charge on any atom is 0.296 e. The molecule has 0 aliphatic heterocycles. The predicted molar refractivity (Wildman–Crippen MR) is 122 cm³/mol. The molecule has 0 saturated heterocycles. The number of anilines is 3. The van der Waals surface area contributed by atoms with Gasteiger partial charge >= 0.3 is 0 Å². The predicted octanol–water partition coefficient (Wildman–Crippen LogP) is 4.33. The Balaban J connectivity index is 1.98. The Kier molecular flexibility index (Phi) is 4.95. The van der Waals surface area contributed by atoms with Crippen molar-refractivity contribution in [1.82, 2.24) is 0 Å². The first-order chi connectivity index (χ1) is 14.9. The van der Waals surface area contributed by atoms with E-state index in [-0.39, 0.29) is 33.4 Å². The molecular formula is C24H22N2O5S. The van der Waals surface area contributed by atoms with Gasteiger partial charge < -0.3 is 11.1 Å². The number of nitrogens with one attached hydrogen (secondary N) is 1. The molecule has 8 heteroatoms. The van der Waals surface area contributed by atoms with E-state index in [2.05, 4.69) is 5.32 Å². The summed E-state index contributed by atoms with van der Waals surface area (Å²) in [5.41, 5.74) is 7.13. The Labute approximate surface area is 186 Å². The number of benzene rings is 3. The van der Waals surface area contributed by atoms with Gasteiger partial charge in [-0.25, -0.2) is 0 Å². The molecule has 0 unspecified atom stereocenters. The van der Waals surface area contributed by atoms with Crippen LogP contribution in [-0.4, -0.2) is 24.5 Å². The number of nitrogens with two attached hydrogens (primary N) is 1. The quantitative estimate of drug-likeness (QED) is 0.313. The molecule has 0 spiro atoms. The molecule has 1 aliphatic carbocycles. The van der Waals surface area contributed by atoms with Crippen molar-refractivity contribution < 1.29 is 22.6 Å². The summed E-state index contributed by atoms with van der Waals surface area (Å²) in [6.07, 6.45) is 0. The zero-order valence-corrected chi connectivity index (χ0v) is 18.6. The SMILES string of the molecule is CC(C)(C)c1cccc(Nc2cc(S(=O)(=O)O)c(N)c3c2C(=O)c2ccccc2C3=O)c1. The van der Waals surface area contributed by atoms with Crippen LogP contribution in [0.1, 0.15) is 58.2 Å². The van der Waals surface area contributed by atoms with Crippen molar-refractivity contribution >= 4 is 38.7 Å². The van der Waals surface area contributed by atoms with Gasteiger partial charge in [0, 0.05) is 16.8 Å². The van der Waals surface area contributed by atoms with Crippen LogP contribution < -0.4 is 11.1 Å². The third-order valence-electron chi connectivity index (χ3n) is 5.49. The lowest BCUT2D eigenvalue weighted by Crippen LogP contribution is -2.25. The van der Waals surface area contributed by atoms with Crippen LogP contribution >= 0.6 is 0 Å². The van der Waals surface area contributed by atoms with Gasteiger partial charge in [0.1, 0.15) is 4.90 Å². The molecule has 0 fully saturated rings. The van der Waals surface area contributed by atoms with Gasteiger partial charge in [-0.1, -0.05) is 57.2 Å². The molecule has 0 atom stereocenters. The molecule has 1 aliphatic rings. The highest BCUT2D eigenvalue weighted by Gasteiger charge is 2.36. The van der Waals surface area contributed by atoms with Crippen LogP contribution in [-0.2, 0) is 15.5 Å². The van der Waals surface area contributed by atoms with E-state index in [9.17, 15) is 22.6 Å². The van der Waals surface area contributed by atoms with Gasteiger partial charge in [0.25, 0.3) is 10.1 Å². The standard InChI is InChI=1S/C24H22N2O5S/c1-24(2,3)13-7-6-8-14(11-13)26-17-12-18(32(29,30)31)21(25)20-19(17)22(27)15-9-4-5-10-16(15)23(20)28/h4-12,26H,25H2,1-3H3,(H,29,30,31). The Bertz CT molecular complexity index is 1400. The first kappa shape index (κ1) is 21.7. The molecule has 0 bridgehead atoms. The highest BCUT2D eigenvalue weighted by molar-refractivity contribution is 7.86.